The highest BCUT2D eigenvalue weighted by atomic mass is 16.4. The number of aliphatic imine (C=N–C) groups is 1. The van der Waals surface area contributed by atoms with Crippen molar-refractivity contribution < 1.29 is 9.90 Å². The van der Waals surface area contributed by atoms with Gasteiger partial charge < -0.3 is 5.11 Å². The van der Waals surface area contributed by atoms with Gasteiger partial charge in [0.05, 0.1) is 0 Å². The summed E-state index contributed by atoms with van der Waals surface area (Å²) in [5.41, 5.74) is 0.808. The molecule has 0 aliphatic rings. The molecule has 0 amide bonds. The molecule has 3 nitrogen and oxygen atoms in total. The van der Waals surface area contributed by atoms with Crippen molar-refractivity contribution in [3.8, 4) is 0 Å². The summed E-state index contributed by atoms with van der Waals surface area (Å²) in [5.74, 6) is -0.916. The second-order valence-corrected chi connectivity index (χ2v) is 2.26. The number of nitrogens with zero attached hydrogens (tertiary/aromatic N) is 1. The molecular weight excluding hydrogens is 154 g/mol. The Kier molecular flexibility index (Phi) is 5.61. The van der Waals surface area contributed by atoms with Crippen molar-refractivity contribution >= 4 is 11.7 Å². The van der Waals surface area contributed by atoms with Gasteiger partial charge in [0.1, 0.15) is 6.54 Å². The Labute approximate surface area is 72.1 Å². The van der Waals surface area contributed by atoms with Crippen molar-refractivity contribution in [1.82, 2.24) is 0 Å². The molecule has 12 heavy (non-hydrogen) atoms. The Balaban J connectivity index is 4.05. The Morgan fingerprint density at radius 3 is 2.17 bits per heavy atom. The molecule has 0 aromatic rings. The summed E-state index contributed by atoms with van der Waals surface area (Å²) < 4.78 is 0. The highest BCUT2D eigenvalue weighted by molar-refractivity contribution is 5.88. The maximum Gasteiger partial charge on any atom is 0.325 e. The summed E-state index contributed by atoms with van der Waals surface area (Å²) in [7, 11) is 0. The molecule has 0 aliphatic heterocycles. The van der Waals surface area contributed by atoms with Crippen LogP contribution in [0.2, 0.25) is 0 Å². The van der Waals surface area contributed by atoms with Crippen molar-refractivity contribution in [2.45, 2.75) is 12.8 Å². The topological polar surface area (TPSA) is 49.7 Å². The van der Waals surface area contributed by atoms with Gasteiger partial charge in [0.15, 0.2) is 0 Å². The Bertz CT molecular complexity index is 195. The normalized spacial score (nSPS) is 8.67. The van der Waals surface area contributed by atoms with Crippen LogP contribution in [0.25, 0.3) is 0 Å². The number of carboxylic acids is 1. The minimum atomic E-state index is -0.916. The predicted molar refractivity (Wildman–Crippen MR) is 49.6 cm³/mol. The summed E-state index contributed by atoms with van der Waals surface area (Å²) >= 11 is 0. The summed E-state index contributed by atoms with van der Waals surface area (Å²) in [6.45, 7) is 6.92. The van der Waals surface area contributed by atoms with Gasteiger partial charge in [-0.15, -0.1) is 13.2 Å². The summed E-state index contributed by atoms with van der Waals surface area (Å²) in [6.07, 6.45) is 4.65. The predicted octanol–water partition coefficient (Wildman–Crippen LogP) is 1.66. The van der Waals surface area contributed by atoms with Crippen molar-refractivity contribution in [2.75, 3.05) is 6.54 Å². The van der Waals surface area contributed by atoms with Gasteiger partial charge in [-0.25, -0.2) is 0 Å². The maximum atomic E-state index is 10.2. The zero-order valence-electron chi connectivity index (χ0n) is 6.99. The van der Waals surface area contributed by atoms with Crippen molar-refractivity contribution in [2.24, 2.45) is 4.99 Å². The second kappa shape index (κ2) is 6.34. The zero-order valence-corrected chi connectivity index (χ0v) is 6.99. The minimum absolute atomic E-state index is 0.170. The number of hydrogen-bond acceptors (Lipinski definition) is 2. The molecule has 0 bridgehead atoms. The van der Waals surface area contributed by atoms with Crippen LogP contribution in [0.5, 0.6) is 0 Å². The van der Waals surface area contributed by atoms with Crippen LogP contribution >= 0.6 is 0 Å². The first-order valence-electron chi connectivity index (χ1n) is 3.66. The van der Waals surface area contributed by atoms with Crippen molar-refractivity contribution in [3.63, 3.8) is 0 Å². The maximum absolute atomic E-state index is 10.2. The summed E-state index contributed by atoms with van der Waals surface area (Å²) in [5, 5.41) is 8.34. The van der Waals surface area contributed by atoms with Crippen molar-refractivity contribution in [3.05, 3.63) is 25.3 Å². The molecule has 0 radical (unpaired) electrons. The number of carboxylic acid groups (broad SMARTS) is 1. The summed E-state index contributed by atoms with van der Waals surface area (Å²) in [6, 6.07) is 0. The molecular formula is C9H13NO2. The third-order valence-corrected chi connectivity index (χ3v) is 1.20. The molecule has 0 heterocycles. The monoisotopic (exact) mass is 167 g/mol. The van der Waals surface area contributed by atoms with Crippen LogP contribution in [0.1, 0.15) is 12.8 Å². The van der Waals surface area contributed by atoms with Gasteiger partial charge in [-0.05, 0) is 0 Å². The Morgan fingerprint density at radius 2 is 1.83 bits per heavy atom. The molecule has 3 heteroatoms. The van der Waals surface area contributed by atoms with Crippen LogP contribution < -0.4 is 0 Å². The van der Waals surface area contributed by atoms with Gasteiger partial charge in [-0.3, -0.25) is 9.79 Å². The number of allylic oxidation sites excluding steroid dienone is 2. The zero-order chi connectivity index (χ0) is 9.40. The first kappa shape index (κ1) is 10.6. The molecule has 0 aromatic carbocycles. The molecule has 0 saturated carbocycles. The first-order valence-corrected chi connectivity index (χ1v) is 3.66. The van der Waals surface area contributed by atoms with Gasteiger partial charge in [-0.1, -0.05) is 12.2 Å². The highest BCUT2D eigenvalue weighted by Gasteiger charge is 1.96. The van der Waals surface area contributed by atoms with Gasteiger partial charge in [0, 0.05) is 18.6 Å². The number of rotatable bonds is 6. The molecule has 66 valence electrons. The number of carbonyl (C=O) groups is 1. The Morgan fingerprint density at radius 1 is 1.33 bits per heavy atom. The third-order valence-electron chi connectivity index (χ3n) is 1.20. The van der Waals surface area contributed by atoms with Crippen LogP contribution in [-0.2, 0) is 4.79 Å². The standard InChI is InChI=1S/C9H13NO2/c1-3-5-8(6-4-2)10-7-9(11)12/h3-4H,1-2,5-7H2,(H,11,12). The molecule has 0 aromatic heterocycles. The first-order chi connectivity index (χ1) is 5.70. The van der Waals surface area contributed by atoms with Gasteiger partial charge >= 0.3 is 5.97 Å². The van der Waals surface area contributed by atoms with Crippen LogP contribution in [-0.4, -0.2) is 23.3 Å². The fraction of sp³-hybridized carbons (Fsp3) is 0.333. The Hall–Kier alpha value is -1.38. The smallest absolute Gasteiger partial charge is 0.325 e. The third kappa shape index (κ3) is 5.41. The summed E-state index contributed by atoms with van der Waals surface area (Å²) in [4.78, 5) is 14.0. The fourth-order valence-corrected chi connectivity index (χ4v) is 0.725. The van der Waals surface area contributed by atoms with E-state index in [1.807, 2.05) is 0 Å². The van der Waals surface area contributed by atoms with Gasteiger partial charge in [-0.2, -0.15) is 0 Å². The molecule has 0 atom stereocenters. The molecule has 0 unspecified atom stereocenters. The van der Waals surface area contributed by atoms with E-state index in [1.165, 1.54) is 0 Å². The average molecular weight is 167 g/mol. The van der Waals surface area contributed by atoms with E-state index in [4.69, 9.17) is 5.11 Å². The van der Waals surface area contributed by atoms with Crippen LogP contribution in [0.4, 0.5) is 0 Å². The molecule has 0 fully saturated rings. The SMILES string of the molecule is C=CCC(CC=C)=NCC(=O)O. The lowest BCUT2D eigenvalue weighted by molar-refractivity contribution is -0.135. The van der Waals surface area contributed by atoms with Crippen LogP contribution in [0.3, 0.4) is 0 Å². The molecule has 0 saturated heterocycles. The second-order valence-electron chi connectivity index (χ2n) is 2.26. The lowest BCUT2D eigenvalue weighted by atomic mass is 10.2. The quantitative estimate of drug-likeness (QED) is 0.483. The fourth-order valence-electron chi connectivity index (χ4n) is 0.725. The lowest BCUT2D eigenvalue weighted by Gasteiger charge is -1.97. The largest absolute Gasteiger partial charge is 0.480 e. The molecule has 1 N–H and O–H groups in total. The number of aliphatic carboxylic acids is 1. The van der Waals surface area contributed by atoms with Crippen LogP contribution in [0, 0.1) is 0 Å². The van der Waals surface area contributed by atoms with E-state index in [0.717, 1.165) is 5.71 Å². The van der Waals surface area contributed by atoms with E-state index in [1.54, 1.807) is 12.2 Å². The molecule has 0 spiro atoms. The lowest BCUT2D eigenvalue weighted by Crippen LogP contribution is -2.04. The molecule has 0 aliphatic carbocycles. The van der Waals surface area contributed by atoms with Crippen LogP contribution in [0.15, 0.2) is 30.3 Å². The van der Waals surface area contributed by atoms with E-state index in [2.05, 4.69) is 18.2 Å². The van der Waals surface area contributed by atoms with E-state index < -0.39 is 5.97 Å². The number of hydrogen-bond donors (Lipinski definition) is 1. The average Bonchev–Trinajstić information content (AvgIpc) is 2.01. The van der Waals surface area contributed by atoms with Gasteiger partial charge in [0.2, 0.25) is 0 Å². The van der Waals surface area contributed by atoms with E-state index in [9.17, 15) is 4.79 Å². The van der Waals surface area contributed by atoms with Gasteiger partial charge in [0.25, 0.3) is 0 Å². The van der Waals surface area contributed by atoms with E-state index in [0.29, 0.717) is 12.8 Å². The van der Waals surface area contributed by atoms with E-state index in [-0.39, 0.29) is 6.54 Å². The van der Waals surface area contributed by atoms with E-state index >= 15 is 0 Å². The minimum Gasteiger partial charge on any atom is -0.480 e. The molecule has 0 rings (SSSR count). The highest BCUT2D eigenvalue weighted by Crippen LogP contribution is 1.95. The van der Waals surface area contributed by atoms with Crippen molar-refractivity contribution in [1.29, 1.82) is 0 Å².